The molecule has 1 amide bonds. The Balaban J connectivity index is 2.67. The first-order valence-electron chi connectivity index (χ1n) is 2.83. The van der Waals surface area contributed by atoms with Gasteiger partial charge in [-0.15, -0.1) is 0 Å². The summed E-state index contributed by atoms with van der Waals surface area (Å²) >= 11 is 0. The van der Waals surface area contributed by atoms with Crippen molar-refractivity contribution in [2.24, 2.45) is 5.73 Å². The summed E-state index contributed by atoms with van der Waals surface area (Å²) in [5.74, 6) is -0.354. The molecule has 10 heavy (non-hydrogen) atoms. The van der Waals surface area contributed by atoms with Crippen LogP contribution in [0.2, 0.25) is 0 Å². The average molecular weight is 137 g/mol. The minimum absolute atomic E-state index is 0.232. The zero-order chi connectivity index (χ0) is 7.40. The van der Waals surface area contributed by atoms with Crippen molar-refractivity contribution in [2.45, 2.75) is 6.42 Å². The molecule has 4 nitrogen and oxygen atoms in total. The van der Waals surface area contributed by atoms with Gasteiger partial charge in [-0.2, -0.15) is 10.2 Å². The second-order valence-corrected chi connectivity index (χ2v) is 1.89. The van der Waals surface area contributed by atoms with E-state index in [-0.39, 0.29) is 12.3 Å². The van der Waals surface area contributed by atoms with Crippen LogP contribution in [0.5, 0.6) is 0 Å². The Morgan fingerprint density at radius 3 is 2.90 bits per heavy atom. The number of carbonyl (C=O) groups excluding carboxylic acids is 1. The van der Waals surface area contributed by atoms with Crippen molar-refractivity contribution in [1.29, 1.82) is 0 Å². The Labute approximate surface area is 58.1 Å². The van der Waals surface area contributed by atoms with Crippen LogP contribution >= 0.6 is 0 Å². The van der Waals surface area contributed by atoms with Crippen LogP contribution in [0.3, 0.4) is 0 Å². The number of rotatable bonds is 2. The molecule has 2 N–H and O–H groups in total. The van der Waals surface area contributed by atoms with Gasteiger partial charge in [-0.25, -0.2) is 0 Å². The number of hydrogen-bond donors (Lipinski definition) is 1. The lowest BCUT2D eigenvalue weighted by Crippen LogP contribution is -2.13. The fourth-order valence-corrected chi connectivity index (χ4v) is 0.624. The molecule has 0 aliphatic rings. The van der Waals surface area contributed by atoms with Crippen LogP contribution in [0.15, 0.2) is 18.5 Å². The Bertz CT molecular complexity index is 222. The maximum atomic E-state index is 10.3. The van der Waals surface area contributed by atoms with Crippen LogP contribution in [-0.2, 0) is 11.2 Å². The fraction of sp³-hybridized carbons (Fsp3) is 0.167. The normalized spacial score (nSPS) is 9.20. The van der Waals surface area contributed by atoms with Crippen molar-refractivity contribution in [3.63, 3.8) is 0 Å². The summed E-state index contributed by atoms with van der Waals surface area (Å²) in [4.78, 5) is 10.3. The van der Waals surface area contributed by atoms with E-state index in [1.54, 1.807) is 6.07 Å². The van der Waals surface area contributed by atoms with Crippen LogP contribution in [0.25, 0.3) is 0 Å². The standard InChI is InChI=1S/C6H7N3O/c7-6(10)3-5-1-2-8-9-4-5/h1-2,4H,3H2,(H2,7,10). The van der Waals surface area contributed by atoms with Crippen LogP contribution in [0.4, 0.5) is 0 Å². The van der Waals surface area contributed by atoms with Gasteiger partial charge in [0.15, 0.2) is 0 Å². The van der Waals surface area contributed by atoms with Crippen LogP contribution < -0.4 is 5.73 Å². The van der Waals surface area contributed by atoms with Crippen molar-refractivity contribution in [3.05, 3.63) is 24.0 Å². The van der Waals surface area contributed by atoms with Crippen molar-refractivity contribution >= 4 is 5.91 Å². The molecule has 1 aromatic heterocycles. The molecule has 0 fully saturated rings. The third kappa shape index (κ3) is 1.81. The van der Waals surface area contributed by atoms with Crippen molar-refractivity contribution in [3.8, 4) is 0 Å². The Morgan fingerprint density at radius 1 is 1.60 bits per heavy atom. The highest BCUT2D eigenvalue weighted by molar-refractivity contribution is 5.76. The van der Waals surface area contributed by atoms with E-state index in [0.29, 0.717) is 0 Å². The lowest BCUT2D eigenvalue weighted by Gasteiger charge is -1.92. The molecule has 0 aliphatic heterocycles. The van der Waals surface area contributed by atoms with Gasteiger partial charge in [0.05, 0.1) is 12.6 Å². The lowest BCUT2D eigenvalue weighted by atomic mass is 10.2. The molecule has 1 rings (SSSR count). The van der Waals surface area contributed by atoms with Gasteiger partial charge in [0.1, 0.15) is 0 Å². The van der Waals surface area contributed by atoms with Crippen LogP contribution in [-0.4, -0.2) is 16.1 Å². The number of nitrogens with two attached hydrogens (primary N) is 1. The first-order chi connectivity index (χ1) is 4.79. The average Bonchev–Trinajstić information content (AvgIpc) is 1.88. The second-order valence-electron chi connectivity index (χ2n) is 1.89. The second kappa shape index (κ2) is 2.91. The Kier molecular flexibility index (Phi) is 1.94. The van der Waals surface area contributed by atoms with Crippen molar-refractivity contribution < 1.29 is 4.79 Å². The molecule has 0 aromatic carbocycles. The molecular formula is C6H7N3O. The lowest BCUT2D eigenvalue weighted by molar-refractivity contribution is -0.117. The van der Waals surface area contributed by atoms with Gasteiger partial charge in [0, 0.05) is 6.20 Å². The number of aromatic nitrogens is 2. The molecule has 0 unspecified atom stereocenters. The zero-order valence-electron chi connectivity index (χ0n) is 5.32. The van der Waals surface area contributed by atoms with Gasteiger partial charge in [-0.05, 0) is 11.6 Å². The molecule has 1 heterocycles. The van der Waals surface area contributed by atoms with Gasteiger partial charge < -0.3 is 5.73 Å². The van der Waals surface area contributed by atoms with Gasteiger partial charge in [-0.3, -0.25) is 4.79 Å². The molecule has 0 saturated heterocycles. The highest BCUT2D eigenvalue weighted by atomic mass is 16.1. The summed E-state index contributed by atoms with van der Waals surface area (Å²) in [6.45, 7) is 0. The molecule has 0 spiro atoms. The van der Waals surface area contributed by atoms with E-state index in [9.17, 15) is 4.79 Å². The number of primary amides is 1. The van der Waals surface area contributed by atoms with E-state index in [1.165, 1.54) is 12.4 Å². The van der Waals surface area contributed by atoms with E-state index in [0.717, 1.165) is 5.56 Å². The van der Waals surface area contributed by atoms with E-state index in [4.69, 9.17) is 5.73 Å². The number of hydrogen-bond acceptors (Lipinski definition) is 3. The Morgan fingerprint density at radius 2 is 2.40 bits per heavy atom. The molecule has 52 valence electrons. The van der Waals surface area contributed by atoms with E-state index < -0.39 is 0 Å². The van der Waals surface area contributed by atoms with Crippen LogP contribution in [0, 0.1) is 0 Å². The third-order valence-electron chi connectivity index (χ3n) is 1.02. The van der Waals surface area contributed by atoms with E-state index >= 15 is 0 Å². The molecular weight excluding hydrogens is 130 g/mol. The molecule has 0 saturated carbocycles. The third-order valence-corrected chi connectivity index (χ3v) is 1.02. The predicted octanol–water partition coefficient (Wildman–Crippen LogP) is -0.496. The molecule has 0 radical (unpaired) electrons. The maximum absolute atomic E-state index is 10.3. The molecule has 0 bridgehead atoms. The maximum Gasteiger partial charge on any atom is 0.221 e. The van der Waals surface area contributed by atoms with Gasteiger partial charge in [0.25, 0.3) is 0 Å². The van der Waals surface area contributed by atoms with Crippen molar-refractivity contribution in [2.75, 3.05) is 0 Å². The minimum Gasteiger partial charge on any atom is -0.369 e. The zero-order valence-corrected chi connectivity index (χ0v) is 5.32. The summed E-state index contributed by atoms with van der Waals surface area (Å²) in [5.41, 5.74) is 5.73. The molecule has 4 heteroatoms. The summed E-state index contributed by atoms with van der Waals surface area (Å²) in [6, 6.07) is 1.71. The van der Waals surface area contributed by atoms with Gasteiger partial charge in [-0.1, -0.05) is 0 Å². The largest absolute Gasteiger partial charge is 0.369 e. The summed E-state index contributed by atoms with van der Waals surface area (Å²) < 4.78 is 0. The molecule has 1 aromatic rings. The molecule has 0 aliphatic carbocycles. The van der Waals surface area contributed by atoms with Crippen LogP contribution in [0.1, 0.15) is 5.56 Å². The Hall–Kier alpha value is -1.45. The number of carbonyl (C=O) groups is 1. The highest BCUT2D eigenvalue weighted by Crippen LogP contribution is 1.92. The quantitative estimate of drug-likeness (QED) is 0.597. The van der Waals surface area contributed by atoms with E-state index in [1.807, 2.05) is 0 Å². The SMILES string of the molecule is NC(=O)Cc1ccnnc1. The van der Waals surface area contributed by atoms with Crippen molar-refractivity contribution in [1.82, 2.24) is 10.2 Å². The van der Waals surface area contributed by atoms with E-state index in [2.05, 4.69) is 10.2 Å². The summed E-state index contributed by atoms with van der Waals surface area (Å²) in [6.07, 6.45) is 3.28. The first-order valence-corrected chi connectivity index (χ1v) is 2.83. The monoisotopic (exact) mass is 137 g/mol. The topological polar surface area (TPSA) is 68.9 Å². The molecule has 0 atom stereocenters. The smallest absolute Gasteiger partial charge is 0.221 e. The number of amides is 1. The summed E-state index contributed by atoms with van der Waals surface area (Å²) in [5, 5.41) is 7.13. The predicted molar refractivity (Wildman–Crippen MR) is 34.9 cm³/mol. The van der Waals surface area contributed by atoms with Gasteiger partial charge >= 0.3 is 0 Å². The fourth-order valence-electron chi connectivity index (χ4n) is 0.624. The van der Waals surface area contributed by atoms with Gasteiger partial charge in [0.2, 0.25) is 5.91 Å². The highest BCUT2D eigenvalue weighted by Gasteiger charge is 1.95. The number of nitrogens with zero attached hydrogens (tertiary/aromatic N) is 2. The first kappa shape index (κ1) is 6.67. The summed E-state index contributed by atoms with van der Waals surface area (Å²) in [7, 11) is 0. The minimum atomic E-state index is -0.354.